The zero-order chi connectivity index (χ0) is 13.9. The molecule has 0 saturated heterocycles. The van der Waals surface area contributed by atoms with Crippen LogP contribution in [0.1, 0.15) is 16.1 Å². The number of nitrogens with one attached hydrogen (secondary N) is 1. The zero-order valence-corrected chi connectivity index (χ0v) is 12.1. The number of nitrogens with zero attached hydrogens (tertiary/aromatic N) is 1. The quantitative estimate of drug-likeness (QED) is 0.737. The van der Waals surface area contributed by atoms with Crippen molar-refractivity contribution in [3.05, 3.63) is 76.4 Å². The molecule has 0 aliphatic rings. The molecule has 0 unspecified atom stereocenters. The van der Waals surface area contributed by atoms with Gasteiger partial charge in [-0.25, -0.2) is 0 Å². The van der Waals surface area contributed by atoms with Crippen molar-refractivity contribution < 1.29 is 4.79 Å². The van der Waals surface area contributed by atoms with Crippen LogP contribution in [-0.4, -0.2) is 16.0 Å². The Morgan fingerprint density at radius 1 is 1.00 bits per heavy atom. The van der Waals surface area contributed by atoms with Crippen molar-refractivity contribution in [2.75, 3.05) is 0 Å². The standard InChI is InChI=1S/C16H11BrN2O/c17-13-8-6-12(7-9-13)16(20)15-10-14(18-19-15)11-4-2-1-3-5-11/h1-10H,(H,18,19). The molecule has 2 aromatic carbocycles. The summed E-state index contributed by atoms with van der Waals surface area (Å²) in [5, 5.41) is 7.00. The fraction of sp³-hybridized carbons (Fsp3) is 0. The van der Waals surface area contributed by atoms with Gasteiger partial charge < -0.3 is 0 Å². The fourth-order valence-corrected chi connectivity index (χ4v) is 2.22. The smallest absolute Gasteiger partial charge is 0.210 e. The first kappa shape index (κ1) is 12.8. The van der Waals surface area contributed by atoms with E-state index in [-0.39, 0.29) is 5.78 Å². The average molecular weight is 327 g/mol. The van der Waals surface area contributed by atoms with Gasteiger partial charge in [-0.05, 0) is 30.3 Å². The molecule has 3 aromatic rings. The Labute approximate surface area is 124 Å². The molecule has 20 heavy (non-hydrogen) atoms. The molecule has 1 heterocycles. The lowest BCUT2D eigenvalue weighted by Crippen LogP contribution is -2.01. The summed E-state index contributed by atoms with van der Waals surface area (Å²) in [7, 11) is 0. The van der Waals surface area contributed by atoms with Crippen LogP contribution in [0.25, 0.3) is 11.3 Å². The summed E-state index contributed by atoms with van der Waals surface area (Å²) in [4.78, 5) is 12.3. The Balaban J connectivity index is 1.90. The third kappa shape index (κ3) is 2.56. The van der Waals surface area contributed by atoms with E-state index in [2.05, 4.69) is 26.1 Å². The number of ketones is 1. The molecule has 0 saturated carbocycles. The van der Waals surface area contributed by atoms with Gasteiger partial charge >= 0.3 is 0 Å². The van der Waals surface area contributed by atoms with Crippen molar-refractivity contribution >= 4 is 21.7 Å². The van der Waals surface area contributed by atoms with Crippen LogP contribution in [0.15, 0.2) is 65.1 Å². The Bertz CT molecular complexity index is 733. The maximum absolute atomic E-state index is 12.3. The monoisotopic (exact) mass is 326 g/mol. The second kappa shape index (κ2) is 5.43. The molecule has 0 aliphatic carbocycles. The molecule has 4 heteroatoms. The molecule has 1 N–H and O–H groups in total. The molecule has 0 bridgehead atoms. The number of halogens is 1. The lowest BCUT2D eigenvalue weighted by atomic mass is 10.1. The SMILES string of the molecule is O=C(c1ccc(Br)cc1)c1cc(-c2ccccc2)n[nH]1. The highest BCUT2D eigenvalue weighted by atomic mass is 79.9. The normalized spacial score (nSPS) is 10.4. The molecule has 0 aliphatic heterocycles. The van der Waals surface area contributed by atoms with Crippen LogP contribution in [0.5, 0.6) is 0 Å². The van der Waals surface area contributed by atoms with E-state index in [1.165, 1.54) is 0 Å². The Hall–Kier alpha value is -2.20. The Kier molecular flexibility index (Phi) is 3.48. The van der Waals surface area contributed by atoms with Gasteiger partial charge in [0.05, 0.1) is 5.69 Å². The molecular formula is C16H11BrN2O. The van der Waals surface area contributed by atoms with E-state index in [0.717, 1.165) is 15.7 Å². The largest absolute Gasteiger partial charge is 0.287 e. The van der Waals surface area contributed by atoms with E-state index >= 15 is 0 Å². The van der Waals surface area contributed by atoms with Gasteiger partial charge in [0, 0.05) is 15.6 Å². The van der Waals surface area contributed by atoms with Crippen LogP contribution >= 0.6 is 15.9 Å². The molecule has 3 nitrogen and oxygen atoms in total. The summed E-state index contributed by atoms with van der Waals surface area (Å²) in [6, 6.07) is 18.8. The third-order valence-corrected chi connectivity index (χ3v) is 3.53. The van der Waals surface area contributed by atoms with E-state index in [9.17, 15) is 4.79 Å². The van der Waals surface area contributed by atoms with E-state index in [1.807, 2.05) is 42.5 Å². The molecule has 0 radical (unpaired) electrons. The number of H-pyrrole nitrogens is 1. The summed E-state index contributed by atoms with van der Waals surface area (Å²) in [6.07, 6.45) is 0. The highest BCUT2D eigenvalue weighted by Gasteiger charge is 2.12. The average Bonchev–Trinajstić information content (AvgIpc) is 2.98. The second-order valence-electron chi connectivity index (χ2n) is 4.37. The first-order chi connectivity index (χ1) is 9.74. The summed E-state index contributed by atoms with van der Waals surface area (Å²) in [5.41, 5.74) is 2.88. The lowest BCUT2D eigenvalue weighted by molar-refractivity contribution is 0.103. The van der Waals surface area contributed by atoms with Crippen molar-refractivity contribution in [3.63, 3.8) is 0 Å². The highest BCUT2D eigenvalue weighted by molar-refractivity contribution is 9.10. The van der Waals surface area contributed by atoms with Gasteiger partial charge in [-0.3, -0.25) is 9.89 Å². The van der Waals surface area contributed by atoms with Crippen molar-refractivity contribution in [1.82, 2.24) is 10.2 Å². The predicted molar refractivity (Wildman–Crippen MR) is 81.6 cm³/mol. The number of rotatable bonds is 3. The summed E-state index contributed by atoms with van der Waals surface area (Å²) in [6.45, 7) is 0. The first-order valence-corrected chi connectivity index (χ1v) is 6.94. The van der Waals surface area contributed by atoms with Gasteiger partial charge in [0.25, 0.3) is 0 Å². The van der Waals surface area contributed by atoms with Crippen molar-refractivity contribution in [2.45, 2.75) is 0 Å². The van der Waals surface area contributed by atoms with E-state index < -0.39 is 0 Å². The molecule has 0 spiro atoms. The maximum Gasteiger partial charge on any atom is 0.210 e. The van der Waals surface area contributed by atoms with Gasteiger partial charge in [0.1, 0.15) is 5.69 Å². The predicted octanol–water partition coefficient (Wildman–Crippen LogP) is 4.07. The third-order valence-electron chi connectivity index (χ3n) is 3.00. The number of carbonyl (C=O) groups excluding carboxylic acids is 1. The highest BCUT2D eigenvalue weighted by Crippen LogP contribution is 2.19. The van der Waals surface area contributed by atoms with Crippen LogP contribution in [-0.2, 0) is 0 Å². The molecular weight excluding hydrogens is 316 g/mol. The van der Waals surface area contributed by atoms with Gasteiger partial charge in [-0.15, -0.1) is 0 Å². The number of hydrogen-bond acceptors (Lipinski definition) is 2. The molecule has 0 atom stereocenters. The van der Waals surface area contributed by atoms with Gasteiger partial charge in [0.2, 0.25) is 5.78 Å². The fourth-order valence-electron chi connectivity index (χ4n) is 1.95. The lowest BCUT2D eigenvalue weighted by Gasteiger charge is -1.97. The van der Waals surface area contributed by atoms with Gasteiger partial charge in [-0.2, -0.15) is 5.10 Å². The van der Waals surface area contributed by atoms with Crippen LogP contribution < -0.4 is 0 Å². The topological polar surface area (TPSA) is 45.8 Å². The molecule has 0 amide bonds. The van der Waals surface area contributed by atoms with Crippen LogP contribution in [0.3, 0.4) is 0 Å². The van der Waals surface area contributed by atoms with E-state index in [4.69, 9.17) is 0 Å². The van der Waals surface area contributed by atoms with Crippen molar-refractivity contribution in [2.24, 2.45) is 0 Å². The zero-order valence-electron chi connectivity index (χ0n) is 10.5. The minimum atomic E-state index is -0.0628. The number of aromatic nitrogens is 2. The Morgan fingerprint density at radius 3 is 2.40 bits per heavy atom. The number of hydrogen-bond donors (Lipinski definition) is 1. The van der Waals surface area contributed by atoms with Crippen LogP contribution in [0.2, 0.25) is 0 Å². The molecule has 0 fully saturated rings. The number of benzene rings is 2. The van der Waals surface area contributed by atoms with Gasteiger partial charge in [0.15, 0.2) is 0 Å². The molecule has 3 rings (SSSR count). The minimum Gasteiger partial charge on any atom is -0.287 e. The summed E-state index contributed by atoms with van der Waals surface area (Å²) in [5.74, 6) is -0.0628. The van der Waals surface area contributed by atoms with Crippen LogP contribution in [0.4, 0.5) is 0 Å². The first-order valence-electron chi connectivity index (χ1n) is 6.15. The van der Waals surface area contributed by atoms with E-state index in [1.54, 1.807) is 18.2 Å². The molecule has 1 aromatic heterocycles. The summed E-state index contributed by atoms with van der Waals surface area (Å²) < 4.78 is 0.948. The maximum atomic E-state index is 12.3. The van der Waals surface area contributed by atoms with Crippen molar-refractivity contribution in [3.8, 4) is 11.3 Å². The van der Waals surface area contributed by atoms with Crippen molar-refractivity contribution in [1.29, 1.82) is 0 Å². The number of carbonyl (C=O) groups is 1. The second-order valence-corrected chi connectivity index (χ2v) is 5.28. The number of aromatic amines is 1. The minimum absolute atomic E-state index is 0.0628. The summed E-state index contributed by atoms with van der Waals surface area (Å²) >= 11 is 3.35. The molecule has 98 valence electrons. The van der Waals surface area contributed by atoms with E-state index in [0.29, 0.717) is 11.3 Å². The van der Waals surface area contributed by atoms with Crippen LogP contribution in [0, 0.1) is 0 Å². The Morgan fingerprint density at radius 2 is 1.70 bits per heavy atom. The van der Waals surface area contributed by atoms with Gasteiger partial charge in [-0.1, -0.05) is 46.3 Å².